The van der Waals surface area contributed by atoms with E-state index in [1.807, 2.05) is 0 Å². The third-order valence-electron chi connectivity index (χ3n) is 3.08. The highest BCUT2D eigenvalue weighted by atomic mass is 19.4. The number of nitrogens with zero attached hydrogens (tertiary/aromatic N) is 1. The topological polar surface area (TPSA) is 81.4 Å². The fraction of sp³-hybridized carbons (Fsp3) is 0.267. The minimum atomic E-state index is -4.61. The molecule has 0 unspecified atom stereocenters. The molecule has 0 saturated carbocycles. The van der Waals surface area contributed by atoms with Gasteiger partial charge in [0.05, 0.1) is 16.9 Å². The number of hydrogen-bond acceptors (Lipinski definition) is 5. The van der Waals surface area contributed by atoms with Crippen LogP contribution in [-0.4, -0.2) is 23.6 Å². The lowest BCUT2D eigenvalue weighted by molar-refractivity contribution is -0.137. The van der Waals surface area contributed by atoms with Crippen molar-refractivity contribution in [3.63, 3.8) is 0 Å². The maximum Gasteiger partial charge on any atom is 0.418 e. The second kappa shape index (κ2) is 6.73. The molecule has 0 spiro atoms. The zero-order valence-electron chi connectivity index (χ0n) is 12.7. The van der Waals surface area contributed by atoms with E-state index in [2.05, 4.69) is 10.5 Å². The Morgan fingerprint density at radius 2 is 1.92 bits per heavy atom. The number of rotatable bonds is 4. The maximum atomic E-state index is 12.8. The number of carbonyl (C=O) groups excluding carboxylic acids is 2. The molecule has 24 heavy (non-hydrogen) atoms. The highest BCUT2D eigenvalue weighted by Crippen LogP contribution is 2.34. The first-order valence-electron chi connectivity index (χ1n) is 6.76. The van der Waals surface area contributed by atoms with E-state index < -0.39 is 35.9 Å². The summed E-state index contributed by atoms with van der Waals surface area (Å²) in [7, 11) is 0. The largest absolute Gasteiger partial charge is 0.452 e. The summed E-state index contributed by atoms with van der Waals surface area (Å²) in [5, 5.41) is 5.64. The van der Waals surface area contributed by atoms with Crippen LogP contribution in [0.2, 0.25) is 0 Å². The zero-order valence-corrected chi connectivity index (χ0v) is 12.7. The first-order chi connectivity index (χ1) is 11.2. The van der Waals surface area contributed by atoms with Crippen molar-refractivity contribution in [2.24, 2.45) is 0 Å². The number of anilines is 1. The van der Waals surface area contributed by atoms with E-state index in [0.717, 1.165) is 12.1 Å². The van der Waals surface area contributed by atoms with Gasteiger partial charge in [-0.05, 0) is 26.0 Å². The first kappa shape index (κ1) is 17.5. The average Bonchev–Trinajstić information content (AvgIpc) is 2.83. The number of aromatic nitrogens is 1. The number of halogens is 3. The van der Waals surface area contributed by atoms with Crippen LogP contribution < -0.4 is 5.32 Å². The first-order valence-corrected chi connectivity index (χ1v) is 6.76. The molecule has 9 heteroatoms. The van der Waals surface area contributed by atoms with Gasteiger partial charge >= 0.3 is 12.1 Å². The lowest BCUT2D eigenvalue weighted by atomic mass is 10.1. The monoisotopic (exact) mass is 342 g/mol. The molecule has 2 aromatic rings. The SMILES string of the molecule is Cc1noc(C)c1C(=O)OCC(=O)Nc1ccccc1C(F)(F)F. The van der Waals surface area contributed by atoms with Crippen LogP contribution in [0.5, 0.6) is 0 Å². The molecular weight excluding hydrogens is 329 g/mol. The third kappa shape index (κ3) is 3.92. The van der Waals surface area contributed by atoms with E-state index in [1.54, 1.807) is 0 Å². The summed E-state index contributed by atoms with van der Waals surface area (Å²) in [6, 6.07) is 4.50. The van der Waals surface area contributed by atoms with Gasteiger partial charge in [0.2, 0.25) is 0 Å². The second-order valence-corrected chi connectivity index (χ2v) is 4.87. The molecular formula is C15H13F3N2O4. The van der Waals surface area contributed by atoms with E-state index in [4.69, 9.17) is 9.26 Å². The lowest BCUT2D eigenvalue weighted by Gasteiger charge is -2.13. The van der Waals surface area contributed by atoms with Crippen LogP contribution in [-0.2, 0) is 15.7 Å². The lowest BCUT2D eigenvalue weighted by Crippen LogP contribution is -2.23. The molecule has 0 atom stereocenters. The van der Waals surface area contributed by atoms with Crippen molar-refractivity contribution >= 4 is 17.6 Å². The van der Waals surface area contributed by atoms with Gasteiger partial charge in [0.1, 0.15) is 11.3 Å². The van der Waals surface area contributed by atoms with Crippen molar-refractivity contribution in [1.82, 2.24) is 5.16 Å². The normalized spacial score (nSPS) is 11.2. The minimum absolute atomic E-state index is 0.0819. The molecule has 1 heterocycles. The number of carbonyl (C=O) groups is 2. The molecule has 0 aliphatic carbocycles. The predicted molar refractivity (Wildman–Crippen MR) is 76.3 cm³/mol. The van der Waals surface area contributed by atoms with Gasteiger partial charge in [0, 0.05) is 0 Å². The highest BCUT2D eigenvalue weighted by molar-refractivity contribution is 5.96. The number of benzene rings is 1. The summed E-state index contributed by atoms with van der Waals surface area (Å²) in [6.07, 6.45) is -4.61. The van der Waals surface area contributed by atoms with Gasteiger partial charge in [-0.25, -0.2) is 4.79 Å². The van der Waals surface area contributed by atoms with E-state index in [1.165, 1.54) is 26.0 Å². The van der Waals surface area contributed by atoms with E-state index in [0.29, 0.717) is 5.69 Å². The van der Waals surface area contributed by atoms with Crippen molar-refractivity contribution in [1.29, 1.82) is 0 Å². The Hall–Kier alpha value is -2.84. The van der Waals surface area contributed by atoms with Crippen molar-refractivity contribution in [3.8, 4) is 0 Å². The van der Waals surface area contributed by atoms with Crippen LogP contribution >= 0.6 is 0 Å². The number of para-hydroxylation sites is 1. The molecule has 0 aliphatic heterocycles. The molecule has 2 rings (SSSR count). The van der Waals surface area contributed by atoms with Gasteiger partial charge in [-0.15, -0.1) is 0 Å². The van der Waals surface area contributed by atoms with Gasteiger partial charge in [-0.3, -0.25) is 4.79 Å². The number of nitrogens with one attached hydrogen (secondary N) is 1. The van der Waals surface area contributed by atoms with Gasteiger partial charge < -0.3 is 14.6 Å². The third-order valence-corrected chi connectivity index (χ3v) is 3.08. The quantitative estimate of drug-likeness (QED) is 0.864. The number of hydrogen-bond donors (Lipinski definition) is 1. The Balaban J connectivity index is 2.01. The average molecular weight is 342 g/mol. The minimum Gasteiger partial charge on any atom is -0.452 e. The van der Waals surface area contributed by atoms with Crippen molar-refractivity contribution in [2.75, 3.05) is 11.9 Å². The Morgan fingerprint density at radius 3 is 2.50 bits per heavy atom. The van der Waals surface area contributed by atoms with Gasteiger partial charge in [0.25, 0.3) is 5.91 Å². The number of ether oxygens (including phenoxy) is 1. The highest BCUT2D eigenvalue weighted by Gasteiger charge is 2.33. The van der Waals surface area contributed by atoms with Crippen LogP contribution in [0.25, 0.3) is 0 Å². The van der Waals surface area contributed by atoms with Crippen molar-refractivity contribution in [3.05, 3.63) is 46.8 Å². The fourth-order valence-corrected chi connectivity index (χ4v) is 2.00. The smallest absolute Gasteiger partial charge is 0.418 e. The van der Waals surface area contributed by atoms with Crippen LogP contribution in [0.3, 0.4) is 0 Å². The number of aryl methyl sites for hydroxylation is 2. The maximum absolute atomic E-state index is 12.8. The summed E-state index contributed by atoms with van der Waals surface area (Å²) < 4.78 is 48.1. The number of amides is 1. The second-order valence-electron chi connectivity index (χ2n) is 4.87. The Morgan fingerprint density at radius 1 is 1.25 bits per heavy atom. The molecule has 0 bridgehead atoms. The number of esters is 1. The van der Waals surface area contributed by atoms with E-state index in [9.17, 15) is 22.8 Å². The molecule has 1 aromatic heterocycles. The zero-order chi connectivity index (χ0) is 17.9. The van der Waals surface area contributed by atoms with Gasteiger partial charge in [0.15, 0.2) is 6.61 Å². The van der Waals surface area contributed by atoms with Crippen LogP contribution in [0.15, 0.2) is 28.8 Å². The summed E-state index contributed by atoms with van der Waals surface area (Å²) >= 11 is 0. The van der Waals surface area contributed by atoms with Crippen LogP contribution in [0, 0.1) is 13.8 Å². The summed E-state index contributed by atoms with van der Waals surface area (Å²) in [6.45, 7) is 2.28. The summed E-state index contributed by atoms with van der Waals surface area (Å²) in [4.78, 5) is 23.6. The molecule has 128 valence electrons. The van der Waals surface area contributed by atoms with Gasteiger partial charge in [-0.2, -0.15) is 13.2 Å². The Bertz CT molecular complexity index is 749. The molecule has 1 N–H and O–H groups in total. The van der Waals surface area contributed by atoms with E-state index in [-0.39, 0.29) is 11.3 Å². The van der Waals surface area contributed by atoms with Gasteiger partial charge in [-0.1, -0.05) is 17.3 Å². The standard InChI is InChI=1S/C15H13F3N2O4/c1-8-13(9(2)24-20-8)14(22)23-7-12(21)19-11-6-4-3-5-10(11)15(16,17)18/h3-6H,7H2,1-2H3,(H,19,21). The number of alkyl halides is 3. The molecule has 0 fully saturated rings. The Labute approximate surface area is 134 Å². The fourth-order valence-electron chi connectivity index (χ4n) is 2.00. The Kier molecular flexibility index (Phi) is 4.91. The molecule has 0 aliphatic rings. The van der Waals surface area contributed by atoms with Crippen LogP contribution in [0.1, 0.15) is 27.4 Å². The molecule has 0 saturated heterocycles. The predicted octanol–water partition coefficient (Wildman–Crippen LogP) is 3.11. The summed E-state index contributed by atoms with van der Waals surface area (Å²) in [5.74, 6) is -1.52. The van der Waals surface area contributed by atoms with Crippen molar-refractivity contribution < 1.29 is 32.0 Å². The van der Waals surface area contributed by atoms with E-state index >= 15 is 0 Å². The molecule has 1 amide bonds. The molecule has 6 nitrogen and oxygen atoms in total. The molecule has 1 aromatic carbocycles. The van der Waals surface area contributed by atoms with Crippen molar-refractivity contribution in [2.45, 2.75) is 20.0 Å². The summed E-state index contributed by atoms with van der Waals surface area (Å²) in [5.41, 5.74) is -1.03. The molecule has 0 radical (unpaired) electrons. The van der Waals surface area contributed by atoms with Crippen LogP contribution in [0.4, 0.5) is 18.9 Å².